The highest BCUT2D eigenvalue weighted by Gasteiger charge is 1.98. The zero-order valence-electron chi connectivity index (χ0n) is 7.19. The lowest BCUT2D eigenvalue weighted by Gasteiger charge is -1.99. The molecule has 3 heteroatoms. The number of hydrogen-bond acceptors (Lipinski definition) is 2. The molecule has 0 saturated heterocycles. The molecule has 0 saturated carbocycles. The summed E-state index contributed by atoms with van der Waals surface area (Å²) in [5, 5.41) is 2.43. The van der Waals surface area contributed by atoms with Crippen LogP contribution < -0.4 is 5.32 Å². The van der Waals surface area contributed by atoms with E-state index >= 15 is 0 Å². The fourth-order valence-electron chi connectivity index (χ4n) is 0.848. The van der Waals surface area contributed by atoms with Crippen molar-refractivity contribution < 1.29 is 4.79 Å². The molecule has 0 spiro atoms. The van der Waals surface area contributed by atoms with Crippen molar-refractivity contribution in [2.24, 2.45) is 0 Å². The van der Waals surface area contributed by atoms with Gasteiger partial charge in [-0.05, 0) is 11.8 Å². The maximum absolute atomic E-state index is 11.0. The van der Waals surface area contributed by atoms with E-state index in [0.29, 0.717) is 5.75 Å². The van der Waals surface area contributed by atoms with Crippen molar-refractivity contribution in [1.82, 2.24) is 5.32 Å². The van der Waals surface area contributed by atoms with Gasteiger partial charge >= 0.3 is 0 Å². The summed E-state index contributed by atoms with van der Waals surface area (Å²) < 4.78 is 0. The van der Waals surface area contributed by atoms with Crippen molar-refractivity contribution in [2.45, 2.75) is 5.75 Å². The number of amides is 1. The van der Waals surface area contributed by atoms with Crippen molar-refractivity contribution in [3.8, 4) is 0 Å². The Morgan fingerprint density at radius 1 is 1.46 bits per heavy atom. The Labute approximate surface area is 82.0 Å². The summed E-state index contributed by atoms with van der Waals surface area (Å²) in [6, 6.07) is 9.86. The maximum atomic E-state index is 11.0. The van der Waals surface area contributed by atoms with E-state index < -0.39 is 0 Å². The topological polar surface area (TPSA) is 29.1 Å². The van der Waals surface area contributed by atoms with Crippen LogP contribution in [0.1, 0.15) is 5.56 Å². The van der Waals surface area contributed by atoms with Crippen molar-refractivity contribution >= 4 is 17.0 Å². The molecule has 2 nitrogen and oxygen atoms in total. The van der Waals surface area contributed by atoms with Crippen molar-refractivity contribution in [1.29, 1.82) is 0 Å². The SMILES string of the molecule is C=CNC(=O)SCc1ccccc1. The molecule has 1 N–H and O–H groups in total. The number of carbonyl (C=O) groups is 1. The van der Waals surface area contributed by atoms with Gasteiger partial charge in [0.25, 0.3) is 5.24 Å². The molecule has 0 atom stereocenters. The van der Waals surface area contributed by atoms with Crippen LogP contribution in [0.3, 0.4) is 0 Å². The predicted octanol–water partition coefficient (Wildman–Crippen LogP) is 2.77. The molecule has 0 bridgehead atoms. The molecule has 0 aliphatic rings. The second-order valence-corrected chi connectivity index (χ2v) is 3.36. The fourth-order valence-corrected chi connectivity index (χ4v) is 1.50. The normalized spacial score (nSPS) is 9.23. The Bertz CT molecular complexity index is 284. The molecule has 13 heavy (non-hydrogen) atoms. The van der Waals surface area contributed by atoms with Gasteiger partial charge in [-0.2, -0.15) is 0 Å². The van der Waals surface area contributed by atoms with Gasteiger partial charge in [0.2, 0.25) is 0 Å². The van der Waals surface area contributed by atoms with Crippen molar-refractivity contribution in [3.05, 3.63) is 48.7 Å². The standard InChI is InChI=1S/C10H11NOS/c1-2-11-10(12)13-8-9-6-4-3-5-7-9/h2-7H,1,8H2,(H,11,12). The van der Waals surface area contributed by atoms with Gasteiger partial charge in [0.05, 0.1) is 0 Å². The molecule has 1 amide bonds. The Morgan fingerprint density at radius 2 is 2.15 bits per heavy atom. The van der Waals surface area contributed by atoms with E-state index in [2.05, 4.69) is 11.9 Å². The lowest BCUT2D eigenvalue weighted by Crippen LogP contribution is -2.09. The molecule has 68 valence electrons. The van der Waals surface area contributed by atoms with Crippen molar-refractivity contribution in [3.63, 3.8) is 0 Å². The third-order valence-electron chi connectivity index (χ3n) is 1.43. The van der Waals surface area contributed by atoms with Crippen molar-refractivity contribution in [2.75, 3.05) is 0 Å². The summed E-state index contributed by atoms with van der Waals surface area (Å²) in [7, 11) is 0. The summed E-state index contributed by atoms with van der Waals surface area (Å²) in [6.45, 7) is 3.41. The van der Waals surface area contributed by atoms with Gasteiger partial charge in [-0.1, -0.05) is 48.7 Å². The second-order valence-electron chi connectivity index (χ2n) is 2.41. The molecular formula is C10H11NOS. The molecule has 0 fully saturated rings. The first-order chi connectivity index (χ1) is 6.33. The highest BCUT2D eigenvalue weighted by atomic mass is 32.2. The maximum Gasteiger partial charge on any atom is 0.283 e. The van der Waals surface area contributed by atoms with E-state index in [4.69, 9.17) is 0 Å². The van der Waals surface area contributed by atoms with Crippen LogP contribution >= 0.6 is 11.8 Å². The smallest absolute Gasteiger partial charge is 0.283 e. The number of hydrogen-bond donors (Lipinski definition) is 1. The van der Waals surface area contributed by atoms with Crippen LogP contribution in [0.2, 0.25) is 0 Å². The average Bonchev–Trinajstić information content (AvgIpc) is 2.17. The highest BCUT2D eigenvalue weighted by molar-refractivity contribution is 8.12. The zero-order chi connectivity index (χ0) is 9.52. The lowest BCUT2D eigenvalue weighted by molar-refractivity contribution is 0.263. The van der Waals surface area contributed by atoms with E-state index in [9.17, 15) is 4.79 Å². The summed E-state index contributed by atoms with van der Waals surface area (Å²) in [5.74, 6) is 0.695. The Morgan fingerprint density at radius 3 is 2.77 bits per heavy atom. The van der Waals surface area contributed by atoms with E-state index in [1.165, 1.54) is 18.0 Å². The Hall–Kier alpha value is -1.22. The van der Waals surface area contributed by atoms with Gasteiger partial charge in [-0.15, -0.1) is 0 Å². The van der Waals surface area contributed by atoms with Crippen LogP contribution in [-0.4, -0.2) is 5.24 Å². The monoisotopic (exact) mass is 193 g/mol. The van der Waals surface area contributed by atoms with Crippen LogP contribution in [0.25, 0.3) is 0 Å². The average molecular weight is 193 g/mol. The Balaban J connectivity index is 2.35. The summed E-state index contributed by atoms with van der Waals surface area (Å²) in [5.41, 5.74) is 1.15. The fraction of sp³-hybridized carbons (Fsp3) is 0.100. The highest BCUT2D eigenvalue weighted by Crippen LogP contribution is 2.11. The van der Waals surface area contributed by atoms with Crippen LogP contribution in [0.15, 0.2) is 43.1 Å². The van der Waals surface area contributed by atoms with Gasteiger partial charge in [0.15, 0.2) is 0 Å². The van der Waals surface area contributed by atoms with Gasteiger partial charge < -0.3 is 5.32 Å². The first kappa shape index (κ1) is 9.86. The van der Waals surface area contributed by atoms with Crippen LogP contribution in [-0.2, 0) is 5.75 Å². The largest absolute Gasteiger partial charge is 0.324 e. The van der Waals surface area contributed by atoms with Gasteiger partial charge in [-0.3, -0.25) is 4.79 Å². The first-order valence-electron chi connectivity index (χ1n) is 3.91. The number of thioether (sulfide) groups is 1. The number of nitrogens with one attached hydrogen (secondary N) is 1. The number of benzene rings is 1. The first-order valence-corrected chi connectivity index (χ1v) is 4.89. The molecule has 1 rings (SSSR count). The van der Waals surface area contributed by atoms with Gasteiger partial charge in [0.1, 0.15) is 0 Å². The second kappa shape index (κ2) is 5.43. The molecule has 0 aliphatic heterocycles. The van der Waals surface area contributed by atoms with Crippen LogP contribution in [0.4, 0.5) is 4.79 Å². The summed E-state index contributed by atoms with van der Waals surface area (Å²) in [4.78, 5) is 11.0. The minimum absolute atomic E-state index is 0.0705. The predicted molar refractivity (Wildman–Crippen MR) is 56.5 cm³/mol. The zero-order valence-corrected chi connectivity index (χ0v) is 8.01. The molecule has 0 aromatic heterocycles. The lowest BCUT2D eigenvalue weighted by atomic mass is 10.2. The molecule has 0 radical (unpaired) electrons. The van der Waals surface area contributed by atoms with E-state index in [-0.39, 0.29) is 5.24 Å². The minimum atomic E-state index is -0.0705. The van der Waals surface area contributed by atoms with Gasteiger partial charge in [0, 0.05) is 5.75 Å². The van der Waals surface area contributed by atoms with Crippen LogP contribution in [0.5, 0.6) is 0 Å². The third kappa shape index (κ3) is 3.80. The molecule has 1 aromatic carbocycles. The molecule has 0 aliphatic carbocycles. The van der Waals surface area contributed by atoms with E-state index in [0.717, 1.165) is 5.56 Å². The number of rotatable bonds is 3. The Kier molecular flexibility index (Phi) is 4.12. The van der Waals surface area contributed by atoms with Gasteiger partial charge in [-0.25, -0.2) is 0 Å². The number of carbonyl (C=O) groups excluding carboxylic acids is 1. The quantitative estimate of drug-likeness (QED) is 0.799. The summed E-state index contributed by atoms with van der Waals surface area (Å²) in [6.07, 6.45) is 1.39. The molecular weight excluding hydrogens is 182 g/mol. The van der Waals surface area contributed by atoms with E-state index in [1.54, 1.807) is 0 Å². The molecule has 0 heterocycles. The summed E-state index contributed by atoms with van der Waals surface area (Å²) >= 11 is 1.23. The van der Waals surface area contributed by atoms with Crippen LogP contribution in [0, 0.1) is 0 Å². The molecule has 0 unspecified atom stereocenters. The third-order valence-corrected chi connectivity index (χ3v) is 2.29. The van der Waals surface area contributed by atoms with E-state index in [1.807, 2.05) is 30.3 Å². The molecule has 1 aromatic rings. The minimum Gasteiger partial charge on any atom is -0.324 e.